The zero-order valence-corrected chi connectivity index (χ0v) is 12.6. The first kappa shape index (κ1) is 15.0. The summed E-state index contributed by atoms with van der Waals surface area (Å²) in [5.74, 6) is -1.74. The third-order valence-corrected chi connectivity index (χ3v) is 5.84. The highest BCUT2D eigenvalue weighted by Gasteiger charge is 2.40. The fourth-order valence-corrected chi connectivity index (χ4v) is 4.12. The highest BCUT2D eigenvalue weighted by atomic mass is 32.2. The summed E-state index contributed by atoms with van der Waals surface area (Å²) >= 11 is 0. The molecule has 0 radical (unpaired) electrons. The predicted molar refractivity (Wildman–Crippen MR) is 75.0 cm³/mol. The van der Waals surface area contributed by atoms with Gasteiger partial charge in [0.05, 0.1) is 10.8 Å². The van der Waals surface area contributed by atoms with Gasteiger partial charge in [-0.1, -0.05) is 13.0 Å². The number of aliphatic carboxylic acids is 1. The number of rotatable bonds is 3. The van der Waals surface area contributed by atoms with Crippen LogP contribution in [0.15, 0.2) is 23.1 Å². The molecule has 2 rings (SSSR count). The summed E-state index contributed by atoms with van der Waals surface area (Å²) in [5.41, 5.74) is 1.94. The van der Waals surface area contributed by atoms with Gasteiger partial charge in [-0.2, -0.15) is 4.31 Å². The Morgan fingerprint density at radius 1 is 1.25 bits per heavy atom. The lowest BCUT2D eigenvalue weighted by Gasteiger charge is -2.16. The number of nitrogens with zero attached hydrogens (tertiary/aromatic N) is 1. The van der Waals surface area contributed by atoms with Crippen LogP contribution in [0.3, 0.4) is 0 Å². The number of carboxylic acid groups (broad SMARTS) is 1. The van der Waals surface area contributed by atoms with Crippen LogP contribution in [0, 0.1) is 25.7 Å². The van der Waals surface area contributed by atoms with Crippen molar-refractivity contribution in [3.8, 4) is 0 Å². The predicted octanol–water partition coefficient (Wildman–Crippen LogP) is 1.64. The zero-order valence-electron chi connectivity index (χ0n) is 11.8. The van der Waals surface area contributed by atoms with Gasteiger partial charge in [0.15, 0.2) is 0 Å². The normalized spacial score (nSPS) is 23.9. The Morgan fingerprint density at radius 3 is 2.40 bits per heavy atom. The van der Waals surface area contributed by atoms with Crippen molar-refractivity contribution in [3.05, 3.63) is 29.3 Å². The molecule has 0 aliphatic carbocycles. The average molecular weight is 297 g/mol. The molecule has 1 heterocycles. The van der Waals surface area contributed by atoms with Crippen molar-refractivity contribution >= 4 is 16.0 Å². The third kappa shape index (κ3) is 2.58. The van der Waals surface area contributed by atoms with Gasteiger partial charge in [-0.05, 0) is 43.0 Å². The minimum Gasteiger partial charge on any atom is -0.481 e. The van der Waals surface area contributed by atoms with Crippen molar-refractivity contribution in [3.63, 3.8) is 0 Å². The Hall–Kier alpha value is -1.40. The first-order valence-electron chi connectivity index (χ1n) is 6.53. The van der Waals surface area contributed by atoms with Gasteiger partial charge < -0.3 is 5.11 Å². The maximum Gasteiger partial charge on any atom is 0.308 e. The zero-order chi connectivity index (χ0) is 15.1. The Bertz CT molecular complexity index is 639. The summed E-state index contributed by atoms with van der Waals surface area (Å²) in [6.07, 6.45) is 0. The van der Waals surface area contributed by atoms with E-state index < -0.39 is 21.9 Å². The van der Waals surface area contributed by atoms with Crippen molar-refractivity contribution in [2.24, 2.45) is 11.8 Å². The fraction of sp³-hybridized carbons (Fsp3) is 0.500. The van der Waals surface area contributed by atoms with Crippen LogP contribution in [0.2, 0.25) is 0 Å². The van der Waals surface area contributed by atoms with Crippen LogP contribution < -0.4 is 0 Å². The van der Waals surface area contributed by atoms with Gasteiger partial charge in [-0.15, -0.1) is 0 Å². The monoisotopic (exact) mass is 297 g/mol. The Kier molecular flexibility index (Phi) is 3.88. The number of carbonyl (C=O) groups is 1. The molecule has 1 aromatic carbocycles. The van der Waals surface area contributed by atoms with E-state index in [9.17, 15) is 13.2 Å². The van der Waals surface area contributed by atoms with Gasteiger partial charge in [-0.3, -0.25) is 4.79 Å². The van der Waals surface area contributed by atoms with Gasteiger partial charge in [0.1, 0.15) is 0 Å². The molecule has 1 aliphatic heterocycles. The summed E-state index contributed by atoms with van der Waals surface area (Å²) in [5, 5.41) is 9.10. The minimum atomic E-state index is -3.61. The molecular weight excluding hydrogens is 278 g/mol. The Morgan fingerprint density at radius 2 is 1.90 bits per heavy atom. The number of hydrogen-bond donors (Lipinski definition) is 1. The molecule has 110 valence electrons. The van der Waals surface area contributed by atoms with E-state index in [2.05, 4.69) is 0 Å². The quantitative estimate of drug-likeness (QED) is 0.920. The minimum absolute atomic E-state index is 0.0474. The van der Waals surface area contributed by atoms with E-state index in [0.29, 0.717) is 0 Å². The number of benzene rings is 1. The lowest BCUT2D eigenvalue weighted by Crippen LogP contribution is -2.30. The standard InChI is InChI=1S/C14H19NO4S/c1-9-4-5-12(6-10(9)2)20(18,19)15-7-11(3)13(8-15)14(16)17/h4-6,11,13H,7-8H2,1-3H3,(H,16,17)/t11-,13-/m1/s1. The van der Waals surface area contributed by atoms with E-state index in [1.54, 1.807) is 25.1 Å². The maximum atomic E-state index is 12.5. The van der Waals surface area contributed by atoms with Gasteiger partial charge >= 0.3 is 5.97 Å². The first-order valence-corrected chi connectivity index (χ1v) is 7.97. The molecule has 1 N–H and O–H groups in total. The van der Waals surface area contributed by atoms with E-state index in [1.165, 1.54) is 4.31 Å². The van der Waals surface area contributed by atoms with Crippen LogP contribution in [0.1, 0.15) is 18.1 Å². The molecule has 1 aromatic rings. The maximum absolute atomic E-state index is 12.5. The van der Waals surface area contributed by atoms with Gasteiger partial charge in [0, 0.05) is 13.1 Å². The van der Waals surface area contributed by atoms with Gasteiger partial charge in [0.25, 0.3) is 0 Å². The van der Waals surface area contributed by atoms with Crippen LogP contribution in [0.4, 0.5) is 0 Å². The molecule has 0 saturated carbocycles. The number of sulfonamides is 1. The third-order valence-electron chi connectivity index (χ3n) is 4.01. The average Bonchev–Trinajstić information content (AvgIpc) is 2.75. The largest absolute Gasteiger partial charge is 0.481 e. The molecular formula is C14H19NO4S. The highest BCUT2D eigenvalue weighted by molar-refractivity contribution is 7.89. The molecule has 2 atom stereocenters. The molecule has 20 heavy (non-hydrogen) atoms. The number of carboxylic acids is 1. The molecule has 0 aromatic heterocycles. The summed E-state index contributed by atoms with van der Waals surface area (Å²) in [6.45, 7) is 5.86. The van der Waals surface area contributed by atoms with Crippen molar-refractivity contribution in [1.29, 1.82) is 0 Å². The van der Waals surface area contributed by atoms with Crippen molar-refractivity contribution in [1.82, 2.24) is 4.31 Å². The van der Waals surface area contributed by atoms with Crippen molar-refractivity contribution in [2.75, 3.05) is 13.1 Å². The molecule has 1 saturated heterocycles. The lowest BCUT2D eigenvalue weighted by atomic mass is 9.99. The SMILES string of the molecule is Cc1ccc(S(=O)(=O)N2C[C@@H](C)[C@H](C(=O)O)C2)cc1C. The molecule has 0 bridgehead atoms. The fourth-order valence-electron chi connectivity index (χ4n) is 2.46. The molecule has 5 nitrogen and oxygen atoms in total. The van der Waals surface area contributed by atoms with E-state index in [-0.39, 0.29) is 23.9 Å². The van der Waals surface area contributed by atoms with E-state index in [0.717, 1.165) is 11.1 Å². The van der Waals surface area contributed by atoms with E-state index in [1.807, 2.05) is 13.8 Å². The molecule has 6 heteroatoms. The second kappa shape index (κ2) is 5.18. The van der Waals surface area contributed by atoms with Crippen LogP contribution >= 0.6 is 0 Å². The number of aryl methyl sites for hydroxylation is 2. The summed E-state index contributed by atoms with van der Waals surface area (Å²) in [4.78, 5) is 11.3. The van der Waals surface area contributed by atoms with E-state index in [4.69, 9.17) is 5.11 Å². The molecule has 1 aliphatic rings. The number of hydrogen-bond acceptors (Lipinski definition) is 3. The smallest absolute Gasteiger partial charge is 0.308 e. The molecule has 0 amide bonds. The van der Waals surface area contributed by atoms with Gasteiger partial charge in [-0.25, -0.2) is 8.42 Å². The topological polar surface area (TPSA) is 74.7 Å². The van der Waals surface area contributed by atoms with Gasteiger partial charge in [0.2, 0.25) is 10.0 Å². The van der Waals surface area contributed by atoms with Crippen molar-refractivity contribution in [2.45, 2.75) is 25.7 Å². The summed E-state index contributed by atoms with van der Waals surface area (Å²) in [6, 6.07) is 5.00. The van der Waals surface area contributed by atoms with Crippen LogP contribution in [0.5, 0.6) is 0 Å². The first-order chi connectivity index (χ1) is 9.23. The molecule has 0 spiro atoms. The summed E-state index contributed by atoms with van der Waals surface area (Å²) in [7, 11) is -3.61. The van der Waals surface area contributed by atoms with Crippen molar-refractivity contribution < 1.29 is 18.3 Å². The molecule has 1 fully saturated rings. The van der Waals surface area contributed by atoms with Crippen LogP contribution in [0.25, 0.3) is 0 Å². The second-order valence-corrected chi connectivity index (χ2v) is 7.43. The van der Waals surface area contributed by atoms with E-state index >= 15 is 0 Å². The lowest BCUT2D eigenvalue weighted by molar-refractivity contribution is -0.142. The van der Waals surface area contributed by atoms with Crippen LogP contribution in [-0.4, -0.2) is 36.9 Å². The Labute approximate surface area is 119 Å². The highest BCUT2D eigenvalue weighted by Crippen LogP contribution is 2.29. The Balaban J connectivity index is 2.32. The summed E-state index contributed by atoms with van der Waals surface area (Å²) < 4.78 is 26.4. The molecule has 0 unspecified atom stereocenters. The van der Waals surface area contributed by atoms with Crippen LogP contribution in [-0.2, 0) is 14.8 Å². The second-order valence-electron chi connectivity index (χ2n) is 5.49.